The molecule has 2 saturated heterocycles. The fraction of sp³-hybridized carbons (Fsp3) is 0.289. The van der Waals surface area contributed by atoms with Crippen LogP contribution in [0.5, 0.6) is 0 Å². The molecule has 0 saturated carbocycles. The third kappa shape index (κ3) is 7.67. The first kappa shape index (κ1) is 35.7. The van der Waals surface area contributed by atoms with Crippen molar-refractivity contribution >= 4 is 16.9 Å². The first-order valence-corrected chi connectivity index (χ1v) is 18.9. The number of ether oxygens (including phenoxy) is 2. The molecule has 0 unspecified atom stereocenters. The average Bonchev–Trinajstić information content (AvgIpc) is 3.57. The molecular formula is C45H46N4O5. The van der Waals surface area contributed by atoms with E-state index in [1.807, 2.05) is 89.5 Å². The number of imidazole rings is 1. The van der Waals surface area contributed by atoms with Gasteiger partial charge in [-0.05, 0) is 77.1 Å². The van der Waals surface area contributed by atoms with Crippen LogP contribution >= 0.6 is 0 Å². The van der Waals surface area contributed by atoms with Gasteiger partial charge in [0.25, 0.3) is 5.91 Å². The molecule has 0 radical (unpaired) electrons. The topological polar surface area (TPSA) is 109 Å². The minimum absolute atomic E-state index is 0.0102. The van der Waals surface area contributed by atoms with Gasteiger partial charge in [0.1, 0.15) is 0 Å². The predicted octanol–water partition coefficient (Wildman–Crippen LogP) is 7.55. The Balaban J connectivity index is 0.998. The molecule has 2 aliphatic heterocycles. The number of likely N-dealkylation sites (tertiary alicyclic amines) is 1. The number of piperidine rings is 1. The number of aliphatic hydroxyl groups is 1. The van der Waals surface area contributed by atoms with Crippen LogP contribution in [0.4, 0.5) is 0 Å². The molecule has 9 heteroatoms. The van der Waals surface area contributed by atoms with E-state index >= 15 is 0 Å². The number of nitrogens with zero attached hydrogens (tertiary/aromatic N) is 2. The molecule has 4 atom stereocenters. The number of amides is 1. The molecule has 0 bridgehead atoms. The summed E-state index contributed by atoms with van der Waals surface area (Å²) in [6, 6.07) is 41.8. The lowest BCUT2D eigenvalue weighted by molar-refractivity contribution is -0.276. The average molecular weight is 723 g/mol. The van der Waals surface area contributed by atoms with Gasteiger partial charge in [0.2, 0.25) is 0 Å². The number of rotatable bonds is 10. The molecule has 0 aliphatic carbocycles. The lowest BCUT2D eigenvalue weighted by Gasteiger charge is -2.44. The number of aliphatic hydroxyl groups excluding tert-OH is 1. The third-order valence-electron chi connectivity index (χ3n) is 11.0. The number of aromatic amines is 1. The van der Waals surface area contributed by atoms with Crippen LogP contribution in [0.1, 0.15) is 70.8 Å². The smallest absolute Gasteiger partial charge is 0.326 e. The highest BCUT2D eigenvalue weighted by Crippen LogP contribution is 2.43. The number of carbonyl (C=O) groups excluding carboxylic acids is 1. The number of fused-ring (bicyclic) bond motifs is 1. The summed E-state index contributed by atoms with van der Waals surface area (Å²) in [6.07, 6.45) is 0.838. The Hall–Kier alpha value is -5.32. The van der Waals surface area contributed by atoms with Gasteiger partial charge in [0, 0.05) is 49.3 Å². The van der Waals surface area contributed by atoms with Crippen molar-refractivity contribution in [1.29, 1.82) is 0 Å². The van der Waals surface area contributed by atoms with Gasteiger partial charge < -0.3 is 29.8 Å². The Kier molecular flexibility index (Phi) is 10.6. The SMILES string of the molecule is C[C@@H]1[C@H](CN2CCC(n3c(=O)[nH]c4ccccc43)CC2)O[C@H](c2cccc(-c3cccc(CNC(=O)c4ccccc4)c3)c2)O[C@@H]1c1ccc(CO)cc1. The van der Waals surface area contributed by atoms with E-state index in [1.54, 1.807) is 0 Å². The van der Waals surface area contributed by atoms with Crippen LogP contribution in [0.3, 0.4) is 0 Å². The molecule has 3 N–H and O–H groups in total. The van der Waals surface area contributed by atoms with Crippen LogP contribution in [0.15, 0.2) is 132 Å². The van der Waals surface area contributed by atoms with E-state index in [0.717, 1.165) is 76.9 Å². The van der Waals surface area contributed by atoms with Crippen LogP contribution < -0.4 is 11.0 Å². The molecule has 1 amide bonds. The fourth-order valence-corrected chi connectivity index (χ4v) is 7.98. The van der Waals surface area contributed by atoms with Gasteiger partial charge >= 0.3 is 5.69 Å². The zero-order valence-electron chi connectivity index (χ0n) is 30.4. The second-order valence-electron chi connectivity index (χ2n) is 14.5. The van der Waals surface area contributed by atoms with Gasteiger partial charge in [0.05, 0.1) is 29.8 Å². The van der Waals surface area contributed by atoms with Crippen LogP contribution in [0.25, 0.3) is 22.2 Å². The number of hydrogen-bond donors (Lipinski definition) is 3. The summed E-state index contributed by atoms with van der Waals surface area (Å²) in [5.74, 6) is -0.0470. The van der Waals surface area contributed by atoms with Gasteiger partial charge in [0.15, 0.2) is 6.29 Å². The van der Waals surface area contributed by atoms with Gasteiger partial charge in [-0.15, -0.1) is 0 Å². The zero-order valence-corrected chi connectivity index (χ0v) is 30.4. The van der Waals surface area contributed by atoms with Crippen molar-refractivity contribution in [1.82, 2.24) is 19.8 Å². The minimum atomic E-state index is -0.593. The van der Waals surface area contributed by atoms with Gasteiger partial charge in [-0.1, -0.05) is 97.9 Å². The quantitative estimate of drug-likeness (QED) is 0.135. The Morgan fingerprint density at radius 3 is 2.30 bits per heavy atom. The highest BCUT2D eigenvalue weighted by molar-refractivity contribution is 5.94. The maximum absolute atomic E-state index is 12.9. The van der Waals surface area contributed by atoms with Crippen molar-refractivity contribution in [2.45, 2.75) is 57.5 Å². The Labute approximate surface area is 315 Å². The van der Waals surface area contributed by atoms with Gasteiger partial charge in [-0.25, -0.2) is 4.79 Å². The number of para-hydroxylation sites is 2. The molecule has 3 heterocycles. The van der Waals surface area contributed by atoms with Gasteiger partial charge in [-0.3, -0.25) is 9.36 Å². The second kappa shape index (κ2) is 16.0. The van der Waals surface area contributed by atoms with Crippen molar-refractivity contribution in [3.05, 3.63) is 166 Å². The molecule has 6 aromatic rings. The molecule has 276 valence electrons. The molecular weight excluding hydrogens is 677 g/mol. The van der Waals surface area contributed by atoms with Crippen molar-refractivity contribution in [2.75, 3.05) is 19.6 Å². The summed E-state index contributed by atoms with van der Waals surface area (Å²) in [5.41, 5.74) is 8.35. The van der Waals surface area contributed by atoms with E-state index in [0.29, 0.717) is 12.1 Å². The molecule has 0 spiro atoms. The number of H-pyrrole nitrogens is 1. The van der Waals surface area contributed by atoms with Crippen molar-refractivity contribution in [2.24, 2.45) is 5.92 Å². The van der Waals surface area contributed by atoms with E-state index in [1.165, 1.54) is 0 Å². The van der Waals surface area contributed by atoms with E-state index in [9.17, 15) is 14.7 Å². The van der Waals surface area contributed by atoms with E-state index < -0.39 is 6.29 Å². The van der Waals surface area contributed by atoms with E-state index in [4.69, 9.17) is 9.47 Å². The van der Waals surface area contributed by atoms with Crippen LogP contribution in [0, 0.1) is 5.92 Å². The molecule has 5 aromatic carbocycles. The summed E-state index contributed by atoms with van der Waals surface area (Å²) >= 11 is 0. The second-order valence-corrected chi connectivity index (χ2v) is 14.5. The fourth-order valence-electron chi connectivity index (χ4n) is 7.98. The van der Waals surface area contributed by atoms with Crippen molar-refractivity contribution < 1.29 is 19.4 Å². The normalized spacial score (nSPS) is 20.9. The standard InChI is InChI=1S/C45H46N4O5/c1-30-41(28-48-23-21-38(22-24-48)49-40-16-6-5-15-39(40)47-45(49)52)53-44(54-42(30)33-19-17-31(29-50)18-20-33)37-14-8-13-36(26-37)35-12-7-9-32(25-35)27-46-43(51)34-10-3-2-4-11-34/h2-20,25-26,30,38,41-42,44,50H,21-24,27-29H2,1H3,(H,46,51)(H,47,52)/t30-,41+,42+,44+/m1/s1. The lowest BCUT2D eigenvalue weighted by atomic mass is 9.89. The Bertz CT molecular complexity index is 2260. The molecule has 9 nitrogen and oxygen atoms in total. The first-order valence-electron chi connectivity index (χ1n) is 18.9. The number of hydrogen-bond acceptors (Lipinski definition) is 6. The monoisotopic (exact) mass is 722 g/mol. The van der Waals surface area contributed by atoms with Crippen molar-refractivity contribution in [3.8, 4) is 11.1 Å². The Morgan fingerprint density at radius 1 is 0.796 bits per heavy atom. The zero-order chi connectivity index (χ0) is 37.0. The lowest BCUT2D eigenvalue weighted by Crippen LogP contribution is -2.47. The summed E-state index contributed by atoms with van der Waals surface area (Å²) in [4.78, 5) is 31.1. The maximum Gasteiger partial charge on any atom is 0.326 e. The molecule has 8 rings (SSSR count). The number of carbonyl (C=O) groups is 1. The van der Waals surface area contributed by atoms with E-state index in [2.05, 4.69) is 64.6 Å². The summed E-state index contributed by atoms with van der Waals surface area (Å²) in [5, 5.41) is 12.7. The largest absolute Gasteiger partial charge is 0.392 e. The highest BCUT2D eigenvalue weighted by atomic mass is 16.7. The minimum Gasteiger partial charge on any atom is -0.392 e. The maximum atomic E-state index is 12.9. The molecule has 2 fully saturated rings. The van der Waals surface area contributed by atoms with Crippen LogP contribution in [-0.2, 0) is 22.6 Å². The van der Waals surface area contributed by atoms with E-state index in [-0.39, 0.29) is 42.4 Å². The highest BCUT2D eigenvalue weighted by Gasteiger charge is 2.40. The molecule has 1 aromatic heterocycles. The molecule has 2 aliphatic rings. The van der Waals surface area contributed by atoms with Crippen LogP contribution in [-0.4, -0.2) is 51.2 Å². The molecule has 54 heavy (non-hydrogen) atoms. The first-order chi connectivity index (χ1) is 26.4. The van der Waals surface area contributed by atoms with Crippen LogP contribution in [0.2, 0.25) is 0 Å². The Morgan fingerprint density at radius 2 is 1.52 bits per heavy atom. The third-order valence-corrected chi connectivity index (χ3v) is 11.0. The summed E-state index contributed by atoms with van der Waals surface area (Å²) < 4.78 is 15.6. The summed E-state index contributed by atoms with van der Waals surface area (Å²) in [6.45, 7) is 5.08. The number of aromatic nitrogens is 2. The van der Waals surface area contributed by atoms with Gasteiger partial charge in [-0.2, -0.15) is 0 Å². The number of benzene rings is 5. The van der Waals surface area contributed by atoms with Crippen molar-refractivity contribution in [3.63, 3.8) is 0 Å². The summed E-state index contributed by atoms with van der Waals surface area (Å²) in [7, 11) is 0. The number of nitrogens with one attached hydrogen (secondary N) is 2. The predicted molar refractivity (Wildman–Crippen MR) is 210 cm³/mol.